The minimum Gasteiger partial charge on any atom is -0.348 e. The Labute approximate surface area is 167 Å². The van der Waals surface area contributed by atoms with Crippen LogP contribution in [0.3, 0.4) is 0 Å². The predicted molar refractivity (Wildman–Crippen MR) is 113 cm³/mol. The Morgan fingerprint density at radius 1 is 0.704 bits per heavy atom. The Morgan fingerprint density at radius 3 is 1.93 bits per heavy atom. The third-order valence-electron chi connectivity index (χ3n) is 6.68. The Balaban J connectivity index is 1.43. The van der Waals surface area contributed by atoms with E-state index in [1.54, 1.807) is 0 Å². The molecule has 0 radical (unpaired) electrons. The molecule has 2 aliphatic rings. The van der Waals surface area contributed by atoms with E-state index >= 15 is 0 Å². The molecule has 0 atom stereocenters. The molecule has 1 aliphatic carbocycles. The summed E-state index contributed by atoms with van der Waals surface area (Å²) in [5.74, 6) is 2.32. The van der Waals surface area contributed by atoms with Crippen LogP contribution >= 0.6 is 0 Å². The lowest BCUT2D eigenvalue weighted by atomic mass is 9.77. The Morgan fingerprint density at radius 2 is 1.30 bits per heavy atom. The van der Waals surface area contributed by atoms with Gasteiger partial charge in [0.2, 0.25) is 0 Å². The smallest absolute Gasteiger partial charge is 0.183 e. The van der Waals surface area contributed by atoms with Crippen molar-refractivity contribution in [2.24, 2.45) is 11.8 Å². The molecule has 2 nitrogen and oxygen atoms in total. The zero-order chi connectivity index (χ0) is 18.9. The molecule has 0 N–H and O–H groups in total. The minimum atomic E-state index is -0.161. The van der Waals surface area contributed by atoms with Crippen molar-refractivity contribution in [3.8, 4) is 0 Å². The largest absolute Gasteiger partial charge is 0.348 e. The van der Waals surface area contributed by atoms with Crippen LogP contribution in [-0.2, 0) is 9.47 Å². The first kappa shape index (κ1) is 20.9. The van der Waals surface area contributed by atoms with Gasteiger partial charge in [0.1, 0.15) is 0 Å². The second kappa shape index (κ2) is 11.2. The minimum absolute atomic E-state index is 0.161. The molecular weight excluding hydrogens is 332 g/mol. The third-order valence-corrected chi connectivity index (χ3v) is 6.68. The number of ether oxygens (including phenoxy) is 2. The highest BCUT2D eigenvalue weighted by Gasteiger charge is 2.25. The first-order chi connectivity index (χ1) is 13.3. The van der Waals surface area contributed by atoms with Gasteiger partial charge in [0.25, 0.3) is 0 Å². The standard InChI is InChI=1S/C25H40O2/c1-3-5-7-9-21-18-26-25(27-19-21)24-16-14-23(15-17-24)22-12-10-20(11-13-22)8-6-4-2/h14-17,20-22,25H,3-13,18-19H2,1-2H3. The topological polar surface area (TPSA) is 18.5 Å². The zero-order valence-corrected chi connectivity index (χ0v) is 17.6. The summed E-state index contributed by atoms with van der Waals surface area (Å²) in [6.07, 6.45) is 14.7. The lowest BCUT2D eigenvalue weighted by molar-refractivity contribution is -0.206. The van der Waals surface area contributed by atoms with Crippen LogP contribution in [0.5, 0.6) is 0 Å². The van der Waals surface area contributed by atoms with Gasteiger partial charge in [-0.15, -0.1) is 0 Å². The van der Waals surface area contributed by atoms with E-state index in [9.17, 15) is 0 Å². The van der Waals surface area contributed by atoms with Crippen LogP contribution in [0.25, 0.3) is 0 Å². The van der Waals surface area contributed by atoms with Crippen molar-refractivity contribution >= 4 is 0 Å². The lowest BCUT2D eigenvalue weighted by Crippen LogP contribution is -2.27. The summed E-state index contributed by atoms with van der Waals surface area (Å²) in [7, 11) is 0. The van der Waals surface area contributed by atoms with Crippen LogP contribution in [0, 0.1) is 11.8 Å². The van der Waals surface area contributed by atoms with Gasteiger partial charge in [0.15, 0.2) is 6.29 Å². The number of benzene rings is 1. The first-order valence-electron chi connectivity index (χ1n) is 11.6. The van der Waals surface area contributed by atoms with Crippen LogP contribution in [0.15, 0.2) is 24.3 Å². The molecule has 1 aromatic rings. The second-order valence-electron chi connectivity index (χ2n) is 8.89. The summed E-state index contributed by atoms with van der Waals surface area (Å²) in [5, 5.41) is 0. The average Bonchev–Trinajstić information content (AvgIpc) is 2.73. The summed E-state index contributed by atoms with van der Waals surface area (Å²) in [5.41, 5.74) is 2.70. The Kier molecular flexibility index (Phi) is 8.67. The molecule has 27 heavy (non-hydrogen) atoms. The molecule has 1 saturated heterocycles. The van der Waals surface area contributed by atoms with Crippen molar-refractivity contribution in [1.29, 1.82) is 0 Å². The van der Waals surface area contributed by atoms with Crippen molar-refractivity contribution in [2.75, 3.05) is 13.2 Å². The van der Waals surface area contributed by atoms with Crippen LogP contribution in [0.2, 0.25) is 0 Å². The summed E-state index contributed by atoms with van der Waals surface area (Å²) >= 11 is 0. The number of hydrogen-bond acceptors (Lipinski definition) is 2. The first-order valence-corrected chi connectivity index (χ1v) is 11.6. The van der Waals surface area contributed by atoms with Gasteiger partial charge >= 0.3 is 0 Å². The average molecular weight is 373 g/mol. The van der Waals surface area contributed by atoms with Crippen LogP contribution in [0.4, 0.5) is 0 Å². The summed E-state index contributed by atoms with van der Waals surface area (Å²) in [6, 6.07) is 9.13. The fourth-order valence-corrected chi connectivity index (χ4v) is 4.79. The van der Waals surface area contributed by atoms with Crippen LogP contribution in [-0.4, -0.2) is 13.2 Å². The fraction of sp³-hybridized carbons (Fsp3) is 0.760. The van der Waals surface area contributed by atoms with Gasteiger partial charge < -0.3 is 9.47 Å². The fourth-order valence-electron chi connectivity index (χ4n) is 4.79. The second-order valence-corrected chi connectivity index (χ2v) is 8.89. The molecule has 1 heterocycles. The quantitative estimate of drug-likeness (QED) is 0.421. The highest BCUT2D eigenvalue weighted by Crippen LogP contribution is 2.38. The highest BCUT2D eigenvalue weighted by molar-refractivity contribution is 5.26. The maximum Gasteiger partial charge on any atom is 0.183 e. The van der Waals surface area contributed by atoms with Gasteiger partial charge in [-0.05, 0) is 49.5 Å². The number of rotatable bonds is 9. The van der Waals surface area contributed by atoms with E-state index in [1.807, 2.05) is 0 Å². The third kappa shape index (κ3) is 6.32. The van der Waals surface area contributed by atoms with Crippen molar-refractivity contribution in [3.05, 3.63) is 35.4 Å². The van der Waals surface area contributed by atoms with Gasteiger partial charge in [-0.25, -0.2) is 0 Å². The van der Waals surface area contributed by atoms with Gasteiger partial charge in [-0.1, -0.05) is 76.6 Å². The van der Waals surface area contributed by atoms with E-state index in [4.69, 9.17) is 9.47 Å². The summed E-state index contributed by atoms with van der Waals surface area (Å²) in [4.78, 5) is 0. The van der Waals surface area contributed by atoms with Gasteiger partial charge in [-0.3, -0.25) is 0 Å². The molecule has 3 rings (SSSR count). The molecule has 0 unspecified atom stereocenters. The molecule has 0 bridgehead atoms. The molecular formula is C25H40O2. The van der Waals surface area contributed by atoms with Crippen LogP contribution < -0.4 is 0 Å². The Hall–Kier alpha value is -0.860. The SMILES string of the molecule is CCCCCC1COC(c2ccc(C3CCC(CCCC)CC3)cc2)OC1. The molecule has 0 aromatic heterocycles. The van der Waals surface area contributed by atoms with E-state index in [0.29, 0.717) is 5.92 Å². The molecule has 2 fully saturated rings. The molecule has 1 aliphatic heterocycles. The van der Waals surface area contributed by atoms with Gasteiger partial charge in [0, 0.05) is 11.5 Å². The monoisotopic (exact) mass is 372 g/mol. The van der Waals surface area contributed by atoms with Gasteiger partial charge in [-0.2, -0.15) is 0 Å². The molecule has 152 valence electrons. The van der Waals surface area contributed by atoms with E-state index in [1.165, 1.54) is 81.8 Å². The molecule has 0 spiro atoms. The van der Waals surface area contributed by atoms with E-state index in [-0.39, 0.29) is 6.29 Å². The Bertz CT molecular complexity index is 508. The van der Waals surface area contributed by atoms with E-state index in [0.717, 1.165) is 25.0 Å². The molecule has 1 saturated carbocycles. The van der Waals surface area contributed by atoms with Crippen molar-refractivity contribution < 1.29 is 9.47 Å². The maximum atomic E-state index is 6.02. The summed E-state index contributed by atoms with van der Waals surface area (Å²) < 4.78 is 12.0. The van der Waals surface area contributed by atoms with Crippen LogP contribution in [0.1, 0.15) is 108 Å². The van der Waals surface area contributed by atoms with Crippen molar-refractivity contribution in [3.63, 3.8) is 0 Å². The van der Waals surface area contributed by atoms with E-state index in [2.05, 4.69) is 38.1 Å². The molecule has 1 aromatic carbocycles. The highest BCUT2D eigenvalue weighted by atomic mass is 16.7. The maximum absolute atomic E-state index is 6.02. The predicted octanol–water partition coefficient (Wildman–Crippen LogP) is 7.39. The van der Waals surface area contributed by atoms with Crippen molar-refractivity contribution in [1.82, 2.24) is 0 Å². The summed E-state index contributed by atoms with van der Waals surface area (Å²) in [6.45, 7) is 6.25. The zero-order valence-electron chi connectivity index (χ0n) is 17.6. The van der Waals surface area contributed by atoms with Gasteiger partial charge in [0.05, 0.1) is 13.2 Å². The molecule has 2 heteroatoms. The van der Waals surface area contributed by atoms with Crippen molar-refractivity contribution in [2.45, 2.75) is 96.7 Å². The number of hydrogen-bond donors (Lipinski definition) is 0. The molecule has 0 amide bonds. The van der Waals surface area contributed by atoms with E-state index < -0.39 is 0 Å². The normalized spacial score (nSPS) is 29.0. The lowest BCUT2D eigenvalue weighted by Gasteiger charge is -2.31. The number of unbranched alkanes of at least 4 members (excludes halogenated alkanes) is 3.